The monoisotopic (exact) mass is 613 g/mol. The molecule has 32 heavy (non-hydrogen) atoms. The molecule has 1 radical (unpaired) electrons. The Balaban J connectivity index is 0.000000330. The van der Waals surface area contributed by atoms with Gasteiger partial charge >= 0.3 is 0 Å². The van der Waals surface area contributed by atoms with Crippen molar-refractivity contribution < 1.29 is 34.4 Å². The molecule has 0 bridgehead atoms. The summed E-state index contributed by atoms with van der Waals surface area (Å²) in [6.45, 7) is 12.9. The van der Waals surface area contributed by atoms with Crippen LogP contribution in [0.25, 0.3) is 22.0 Å². The van der Waals surface area contributed by atoms with Crippen LogP contribution in [0, 0.1) is 29.6 Å². The molecule has 0 unspecified atom stereocenters. The molecular formula is C27H31FIrNO2-. The Labute approximate surface area is 204 Å². The number of hydrogen-bond donors (Lipinski definition) is 1. The molecule has 0 amide bonds. The SMILES string of the molecule is CC(C)(C)C(=O)/C=C(\O)C(C)(C)C.Cc1cc(-c2nccc3ccccc23)[c-]cc1F.[Ir]. The summed E-state index contributed by atoms with van der Waals surface area (Å²) in [6.07, 6.45) is 3.10. The molecular weight excluding hydrogens is 582 g/mol. The largest absolute Gasteiger partial charge is 0.512 e. The van der Waals surface area contributed by atoms with E-state index in [1.54, 1.807) is 19.2 Å². The Kier molecular flexibility index (Phi) is 9.49. The molecule has 0 fully saturated rings. The van der Waals surface area contributed by atoms with Crippen LogP contribution in [-0.4, -0.2) is 15.9 Å². The van der Waals surface area contributed by atoms with Gasteiger partial charge in [0.25, 0.3) is 0 Å². The number of ketones is 1. The molecule has 3 rings (SSSR count). The predicted octanol–water partition coefficient (Wildman–Crippen LogP) is 7.24. The Morgan fingerprint density at radius 2 is 1.69 bits per heavy atom. The molecule has 3 aromatic rings. The van der Waals surface area contributed by atoms with Gasteiger partial charge in [-0.05, 0) is 22.5 Å². The minimum absolute atomic E-state index is 0. The number of carbonyl (C=O) groups is 1. The van der Waals surface area contributed by atoms with Crippen molar-refractivity contribution in [3.63, 3.8) is 0 Å². The van der Waals surface area contributed by atoms with E-state index in [0.717, 1.165) is 22.0 Å². The van der Waals surface area contributed by atoms with Crippen molar-refractivity contribution in [3.8, 4) is 11.3 Å². The molecule has 1 aromatic heterocycles. The van der Waals surface area contributed by atoms with Gasteiger partial charge in [-0.3, -0.25) is 9.18 Å². The molecule has 0 aliphatic heterocycles. The summed E-state index contributed by atoms with van der Waals surface area (Å²) in [5, 5.41) is 11.7. The second-order valence-corrected chi connectivity index (χ2v) is 9.65. The molecule has 0 aliphatic carbocycles. The first kappa shape index (κ1) is 27.7. The molecule has 0 spiro atoms. The zero-order valence-corrected chi connectivity index (χ0v) is 22.1. The maximum atomic E-state index is 13.3. The number of aliphatic hydroxyl groups is 1. The Bertz CT molecular complexity index is 1100. The van der Waals surface area contributed by atoms with Crippen LogP contribution in [-0.2, 0) is 24.9 Å². The number of halogens is 1. The van der Waals surface area contributed by atoms with Crippen molar-refractivity contribution in [3.05, 3.63) is 77.9 Å². The maximum Gasteiger partial charge on any atom is 0.164 e. The van der Waals surface area contributed by atoms with Crippen LogP contribution < -0.4 is 0 Å². The number of nitrogens with zero attached hydrogens (tertiary/aromatic N) is 1. The van der Waals surface area contributed by atoms with E-state index in [0.29, 0.717) is 5.56 Å². The van der Waals surface area contributed by atoms with Crippen molar-refractivity contribution in [1.29, 1.82) is 0 Å². The zero-order valence-electron chi connectivity index (χ0n) is 19.7. The van der Waals surface area contributed by atoms with E-state index in [9.17, 15) is 14.3 Å². The number of aromatic nitrogens is 1. The van der Waals surface area contributed by atoms with Gasteiger partial charge in [-0.1, -0.05) is 78.3 Å². The first-order valence-electron chi connectivity index (χ1n) is 10.3. The number of pyridine rings is 1. The molecule has 3 nitrogen and oxygen atoms in total. The zero-order chi connectivity index (χ0) is 23.4. The third kappa shape index (κ3) is 7.36. The number of allylic oxidation sites excluding steroid dienone is 2. The number of benzene rings is 2. The van der Waals surface area contributed by atoms with E-state index in [1.807, 2.05) is 71.9 Å². The molecule has 0 saturated heterocycles. The molecule has 5 heteroatoms. The van der Waals surface area contributed by atoms with Crippen LogP contribution in [0.5, 0.6) is 0 Å². The fourth-order valence-electron chi connectivity index (χ4n) is 2.61. The topological polar surface area (TPSA) is 50.2 Å². The van der Waals surface area contributed by atoms with Crippen molar-refractivity contribution >= 4 is 16.6 Å². The molecule has 0 aliphatic rings. The van der Waals surface area contributed by atoms with E-state index in [1.165, 1.54) is 12.1 Å². The Morgan fingerprint density at radius 1 is 1.06 bits per heavy atom. The third-order valence-corrected chi connectivity index (χ3v) is 4.80. The summed E-state index contributed by atoms with van der Waals surface area (Å²) in [5.74, 6) is -0.133. The number of aliphatic hydroxyl groups excluding tert-OH is 1. The van der Waals surface area contributed by atoms with Crippen LogP contribution in [0.4, 0.5) is 4.39 Å². The normalized spacial score (nSPS) is 11.9. The van der Waals surface area contributed by atoms with Gasteiger partial charge < -0.3 is 10.1 Å². The van der Waals surface area contributed by atoms with E-state index in [4.69, 9.17) is 0 Å². The van der Waals surface area contributed by atoms with E-state index in [-0.39, 0.29) is 42.9 Å². The first-order chi connectivity index (χ1) is 14.3. The summed E-state index contributed by atoms with van der Waals surface area (Å²) in [5.41, 5.74) is 1.51. The quantitative estimate of drug-likeness (QED) is 0.189. The molecule has 173 valence electrons. The number of rotatable bonds is 2. The van der Waals surface area contributed by atoms with Gasteiger partial charge in [0, 0.05) is 49.0 Å². The Hall–Kier alpha value is -2.36. The molecule has 0 saturated carbocycles. The van der Waals surface area contributed by atoms with Gasteiger partial charge in [-0.15, -0.1) is 23.8 Å². The van der Waals surface area contributed by atoms with Crippen LogP contribution in [0.1, 0.15) is 47.1 Å². The van der Waals surface area contributed by atoms with Gasteiger partial charge in [-0.25, -0.2) is 0 Å². The molecule has 2 aromatic carbocycles. The van der Waals surface area contributed by atoms with Crippen molar-refractivity contribution in [2.24, 2.45) is 10.8 Å². The minimum atomic E-state index is -0.417. The van der Waals surface area contributed by atoms with Crippen LogP contribution in [0.15, 0.2) is 60.5 Å². The number of aryl methyl sites for hydroxylation is 1. The second-order valence-electron chi connectivity index (χ2n) is 9.65. The summed E-state index contributed by atoms with van der Waals surface area (Å²) < 4.78 is 13.3. The van der Waals surface area contributed by atoms with Gasteiger partial charge in [0.2, 0.25) is 0 Å². The van der Waals surface area contributed by atoms with Crippen LogP contribution in [0.2, 0.25) is 0 Å². The summed E-state index contributed by atoms with van der Waals surface area (Å²) in [6, 6.07) is 16.1. The first-order valence-corrected chi connectivity index (χ1v) is 10.3. The van der Waals surface area contributed by atoms with Gasteiger partial charge in [0.05, 0.1) is 0 Å². The minimum Gasteiger partial charge on any atom is -0.512 e. The maximum absolute atomic E-state index is 13.3. The van der Waals surface area contributed by atoms with E-state index < -0.39 is 5.41 Å². The van der Waals surface area contributed by atoms with Gasteiger partial charge in [0.1, 0.15) is 5.76 Å². The van der Waals surface area contributed by atoms with Crippen LogP contribution >= 0.6 is 0 Å². The molecule has 0 atom stereocenters. The predicted molar refractivity (Wildman–Crippen MR) is 125 cm³/mol. The fourth-order valence-corrected chi connectivity index (χ4v) is 2.61. The van der Waals surface area contributed by atoms with Gasteiger partial charge in [-0.2, -0.15) is 0 Å². The standard InChI is InChI=1S/C16H11FN.C11H20O2.Ir/c1-11-10-13(6-7-15(11)17)16-14-5-3-2-4-12(14)8-9-18-16;1-10(2,3)8(12)7-9(13)11(4,5)6;/h2-5,7-10H,1H3;7,12H,1-6H3;/q-1;;/b;8-7-;. The average molecular weight is 613 g/mol. The van der Waals surface area contributed by atoms with Crippen molar-refractivity contribution in [2.75, 3.05) is 0 Å². The number of carbonyl (C=O) groups excluding carboxylic acids is 1. The number of fused-ring (bicyclic) bond motifs is 1. The number of hydrogen-bond acceptors (Lipinski definition) is 3. The van der Waals surface area contributed by atoms with Gasteiger partial charge in [0.15, 0.2) is 5.78 Å². The van der Waals surface area contributed by atoms with Crippen molar-refractivity contribution in [1.82, 2.24) is 4.98 Å². The fraction of sp³-hybridized carbons (Fsp3) is 0.333. The summed E-state index contributed by atoms with van der Waals surface area (Å²) in [7, 11) is 0. The summed E-state index contributed by atoms with van der Waals surface area (Å²) in [4.78, 5) is 15.9. The van der Waals surface area contributed by atoms with E-state index in [2.05, 4.69) is 11.1 Å². The van der Waals surface area contributed by atoms with Crippen molar-refractivity contribution in [2.45, 2.75) is 48.5 Å². The van der Waals surface area contributed by atoms with E-state index >= 15 is 0 Å². The third-order valence-electron chi connectivity index (χ3n) is 4.80. The van der Waals surface area contributed by atoms with Crippen LogP contribution in [0.3, 0.4) is 0 Å². The average Bonchev–Trinajstić information content (AvgIpc) is 2.68. The molecule has 1 heterocycles. The second kappa shape index (κ2) is 11.0. The summed E-state index contributed by atoms with van der Waals surface area (Å²) >= 11 is 0. The Morgan fingerprint density at radius 3 is 2.25 bits per heavy atom. The smallest absolute Gasteiger partial charge is 0.164 e. The molecule has 1 N–H and O–H groups in total.